The van der Waals surface area contributed by atoms with E-state index in [4.69, 9.17) is 18.9 Å². The Hall–Kier alpha value is -5.13. The van der Waals surface area contributed by atoms with Gasteiger partial charge in [-0.2, -0.15) is 21.0 Å². The molecule has 11 nitrogen and oxygen atoms in total. The first-order chi connectivity index (χ1) is 20.5. The number of benzene rings is 2. The van der Waals surface area contributed by atoms with Gasteiger partial charge in [0.1, 0.15) is 35.4 Å². The molecule has 42 heavy (non-hydrogen) atoms. The number of carbonyl (C=O) groups excluding carboxylic acids is 1. The van der Waals surface area contributed by atoms with Crippen molar-refractivity contribution in [2.24, 2.45) is 0 Å². The standard InChI is InChI=1S/C31H32N6O5/c1-39-25-13-19(15-32)27(36-21-9-5-3-6-10-21)23(17-34)29(25)41-31(38)42-30-24(18-35)28(20(16-33)14-26(30)40-2)37-22-11-7-4-8-12-22/h13-14,21-22,36-37H,3-12H2,1-2H3. The van der Waals surface area contributed by atoms with E-state index in [1.165, 1.54) is 26.4 Å². The predicted octanol–water partition coefficient (Wildman–Crippen LogP) is 6.26. The van der Waals surface area contributed by atoms with Gasteiger partial charge in [-0.25, -0.2) is 4.79 Å². The molecule has 0 heterocycles. The molecule has 0 bridgehead atoms. The molecule has 4 rings (SSSR count). The van der Waals surface area contributed by atoms with Crippen LogP contribution in [0, 0.1) is 45.3 Å². The summed E-state index contributed by atoms with van der Waals surface area (Å²) in [5.41, 5.74) is 0.689. The molecule has 216 valence electrons. The average molecular weight is 569 g/mol. The lowest BCUT2D eigenvalue weighted by molar-refractivity contribution is 0.148. The van der Waals surface area contributed by atoms with Gasteiger partial charge in [-0.1, -0.05) is 38.5 Å². The summed E-state index contributed by atoms with van der Waals surface area (Å²) in [5, 5.41) is 46.4. The van der Waals surface area contributed by atoms with Gasteiger partial charge in [0.25, 0.3) is 0 Å². The number of nitrogens with zero attached hydrogens (tertiary/aromatic N) is 4. The Labute approximate surface area is 245 Å². The van der Waals surface area contributed by atoms with Crippen molar-refractivity contribution in [3.63, 3.8) is 0 Å². The molecule has 0 spiro atoms. The average Bonchev–Trinajstić information content (AvgIpc) is 3.02. The summed E-state index contributed by atoms with van der Waals surface area (Å²) < 4.78 is 21.8. The van der Waals surface area contributed by atoms with E-state index in [2.05, 4.69) is 22.8 Å². The SMILES string of the molecule is COc1cc(C#N)c(NC2CCCCC2)c(C#N)c1OC(=O)Oc1c(OC)cc(C#N)c(NC2CCCCC2)c1C#N. The second-order valence-electron chi connectivity index (χ2n) is 10.3. The minimum Gasteiger partial charge on any atom is -0.493 e. The molecule has 0 unspecified atom stereocenters. The molecule has 2 saturated carbocycles. The van der Waals surface area contributed by atoms with Crippen LogP contribution in [-0.2, 0) is 0 Å². The quantitative estimate of drug-likeness (QED) is 0.272. The number of methoxy groups -OCH3 is 2. The molecular formula is C31H32N6O5. The Morgan fingerprint density at radius 2 is 1.05 bits per heavy atom. The molecule has 0 aliphatic heterocycles. The molecule has 2 aliphatic rings. The summed E-state index contributed by atoms with van der Waals surface area (Å²) in [6.45, 7) is 0. The van der Waals surface area contributed by atoms with Gasteiger partial charge in [-0.15, -0.1) is 0 Å². The van der Waals surface area contributed by atoms with Crippen molar-refractivity contribution in [3.05, 3.63) is 34.4 Å². The van der Waals surface area contributed by atoms with Crippen LogP contribution in [-0.4, -0.2) is 32.5 Å². The highest BCUT2D eigenvalue weighted by Crippen LogP contribution is 2.42. The number of nitriles is 4. The molecule has 2 N–H and O–H groups in total. The summed E-state index contributed by atoms with van der Waals surface area (Å²) >= 11 is 0. The number of anilines is 2. The van der Waals surface area contributed by atoms with Gasteiger partial charge >= 0.3 is 6.16 Å². The first kappa shape index (κ1) is 29.8. The number of nitrogens with one attached hydrogen (secondary N) is 2. The molecule has 2 aromatic rings. The molecule has 2 fully saturated rings. The van der Waals surface area contributed by atoms with E-state index in [9.17, 15) is 25.8 Å². The Kier molecular flexibility index (Phi) is 9.93. The Morgan fingerprint density at radius 1 is 0.667 bits per heavy atom. The van der Waals surface area contributed by atoms with Crippen LogP contribution in [0.3, 0.4) is 0 Å². The summed E-state index contributed by atoms with van der Waals surface area (Å²) in [5.74, 6) is -0.481. The van der Waals surface area contributed by atoms with E-state index in [1.807, 2.05) is 12.1 Å². The van der Waals surface area contributed by atoms with Crippen molar-refractivity contribution in [2.75, 3.05) is 24.9 Å². The number of hydrogen-bond acceptors (Lipinski definition) is 11. The molecular weight excluding hydrogens is 536 g/mol. The number of rotatable bonds is 8. The third kappa shape index (κ3) is 6.43. The Bertz CT molecular complexity index is 1390. The monoisotopic (exact) mass is 568 g/mol. The topological polar surface area (TPSA) is 173 Å². The van der Waals surface area contributed by atoms with E-state index < -0.39 is 6.16 Å². The van der Waals surface area contributed by atoms with E-state index >= 15 is 0 Å². The van der Waals surface area contributed by atoms with Crippen LogP contribution in [0.15, 0.2) is 12.1 Å². The lowest BCUT2D eigenvalue weighted by Crippen LogP contribution is -2.24. The van der Waals surface area contributed by atoms with Crippen LogP contribution in [0.5, 0.6) is 23.0 Å². The maximum atomic E-state index is 13.2. The van der Waals surface area contributed by atoms with Crippen LogP contribution in [0.4, 0.5) is 16.2 Å². The van der Waals surface area contributed by atoms with Crippen molar-refractivity contribution in [1.82, 2.24) is 0 Å². The van der Waals surface area contributed by atoms with Gasteiger partial charge < -0.3 is 29.6 Å². The summed E-state index contributed by atoms with van der Waals surface area (Å²) in [6.07, 6.45) is 8.62. The van der Waals surface area contributed by atoms with Crippen molar-refractivity contribution < 1.29 is 23.7 Å². The van der Waals surface area contributed by atoms with Crippen molar-refractivity contribution in [3.8, 4) is 47.3 Å². The minimum atomic E-state index is -1.26. The largest absolute Gasteiger partial charge is 0.519 e. The Balaban J connectivity index is 1.70. The normalized spacial score (nSPS) is 15.2. The third-order valence-corrected chi connectivity index (χ3v) is 7.67. The Morgan fingerprint density at radius 3 is 1.36 bits per heavy atom. The molecule has 11 heteroatoms. The van der Waals surface area contributed by atoms with Crippen molar-refractivity contribution in [1.29, 1.82) is 21.0 Å². The van der Waals surface area contributed by atoms with Crippen LogP contribution < -0.4 is 29.6 Å². The molecule has 2 aliphatic carbocycles. The maximum Gasteiger partial charge on any atom is 0.519 e. The lowest BCUT2D eigenvalue weighted by atomic mass is 9.94. The fourth-order valence-electron chi connectivity index (χ4n) is 5.57. The van der Waals surface area contributed by atoms with Gasteiger partial charge in [0.05, 0.1) is 36.7 Å². The second kappa shape index (κ2) is 14.0. The first-order valence-electron chi connectivity index (χ1n) is 14.0. The van der Waals surface area contributed by atoms with Gasteiger partial charge in [0.15, 0.2) is 23.0 Å². The highest BCUT2D eigenvalue weighted by Gasteiger charge is 2.29. The zero-order chi connectivity index (χ0) is 30.1. The van der Waals surface area contributed by atoms with E-state index in [0.29, 0.717) is 0 Å². The number of ether oxygens (including phenoxy) is 4. The van der Waals surface area contributed by atoms with Crippen LogP contribution in [0.2, 0.25) is 0 Å². The second-order valence-corrected chi connectivity index (χ2v) is 10.3. The van der Waals surface area contributed by atoms with Crippen molar-refractivity contribution in [2.45, 2.75) is 76.3 Å². The molecule has 0 saturated heterocycles. The van der Waals surface area contributed by atoms with Crippen LogP contribution in [0.1, 0.15) is 86.5 Å². The predicted molar refractivity (Wildman–Crippen MR) is 152 cm³/mol. The number of carbonyl (C=O) groups is 1. The summed E-state index contributed by atoms with van der Waals surface area (Å²) in [6, 6.07) is 11.1. The first-order valence-corrected chi connectivity index (χ1v) is 14.0. The summed E-state index contributed by atoms with van der Waals surface area (Å²) in [4.78, 5) is 13.2. The van der Waals surface area contributed by atoms with Gasteiger partial charge in [-0.3, -0.25) is 0 Å². The molecule has 0 aromatic heterocycles. The fourth-order valence-corrected chi connectivity index (χ4v) is 5.57. The van der Waals surface area contributed by atoms with Crippen molar-refractivity contribution >= 4 is 17.5 Å². The zero-order valence-electron chi connectivity index (χ0n) is 23.7. The highest BCUT2D eigenvalue weighted by molar-refractivity contribution is 5.81. The minimum absolute atomic E-state index is 0.0128. The molecule has 0 radical (unpaired) electrons. The molecule has 2 aromatic carbocycles. The van der Waals surface area contributed by atoms with E-state index in [-0.39, 0.29) is 68.7 Å². The van der Waals surface area contributed by atoms with Crippen LogP contribution >= 0.6 is 0 Å². The van der Waals surface area contributed by atoms with Gasteiger partial charge in [0, 0.05) is 24.2 Å². The zero-order valence-corrected chi connectivity index (χ0v) is 23.7. The highest BCUT2D eigenvalue weighted by atomic mass is 16.7. The fraction of sp³-hybridized carbons (Fsp3) is 0.452. The molecule has 0 amide bonds. The van der Waals surface area contributed by atoms with Gasteiger partial charge in [0.2, 0.25) is 0 Å². The number of hydrogen-bond donors (Lipinski definition) is 2. The van der Waals surface area contributed by atoms with E-state index in [1.54, 1.807) is 0 Å². The summed E-state index contributed by atoms with van der Waals surface area (Å²) in [7, 11) is 2.65. The molecule has 0 atom stereocenters. The lowest BCUT2D eigenvalue weighted by Gasteiger charge is -2.26. The van der Waals surface area contributed by atoms with Gasteiger partial charge in [-0.05, 0) is 25.7 Å². The maximum absolute atomic E-state index is 13.2. The third-order valence-electron chi connectivity index (χ3n) is 7.67. The van der Waals surface area contributed by atoms with Crippen LogP contribution in [0.25, 0.3) is 0 Å². The smallest absolute Gasteiger partial charge is 0.493 e. The van der Waals surface area contributed by atoms with E-state index in [0.717, 1.165) is 64.2 Å².